The average molecular weight is 419 g/mol. The van der Waals surface area contributed by atoms with Gasteiger partial charge in [0.25, 0.3) is 0 Å². The number of nitrogens with zero attached hydrogens (tertiary/aromatic N) is 2. The van der Waals surface area contributed by atoms with Crippen molar-refractivity contribution in [1.29, 1.82) is 0 Å². The Morgan fingerprint density at radius 1 is 1.21 bits per heavy atom. The molecule has 8 heteroatoms. The van der Waals surface area contributed by atoms with Gasteiger partial charge in [-0.3, -0.25) is 0 Å². The van der Waals surface area contributed by atoms with Crippen LogP contribution in [0.25, 0.3) is 11.4 Å². The second-order valence-electron chi connectivity index (χ2n) is 5.83. The highest BCUT2D eigenvalue weighted by Gasteiger charge is 2.10. The third-order valence-corrected chi connectivity index (χ3v) is 4.96. The number of benzene rings is 2. The molecule has 0 N–H and O–H groups in total. The maximum absolute atomic E-state index is 11.4. The van der Waals surface area contributed by atoms with E-state index in [0.29, 0.717) is 34.8 Å². The minimum absolute atomic E-state index is 0.101. The molecule has 0 radical (unpaired) electrons. The summed E-state index contributed by atoms with van der Waals surface area (Å²) in [5, 5.41) is 4.67. The van der Waals surface area contributed by atoms with Gasteiger partial charge in [0.1, 0.15) is 5.75 Å². The van der Waals surface area contributed by atoms with Crippen LogP contribution in [0.2, 0.25) is 5.02 Å². The summed E-state index contributed by atoms with van der Waals surface area (Å²) in [7, 11) is 0. The second-order valence-corrected chi connectivity index (χ2v) is 7.31. The Morgan fingerprint density at radius 3 is 2.71 bits per heavy atom. The molecule has 6 nitrogen and oxygen atoms in total. The molecule has 0 aliphatic carbocycles. The lowest BCUT2D eigenvalue weighted by molar-refractivity contribution is -0.145. The fourth-order valence-corrected chi connectivity index (χ4v) is 3.35. The maximum Gasteiger partial charge on any atom is 0.344 e. The van der Waals surface area contributed by atoms with Crippen molar-refractivity contribution in [3.8, 4) is 17.1 Å². The van der Waals surface area contributed by atoms with Crippen LogP contribution < -0.4 is 4.74 Å². The molecule has 0 saturated carbocycles. The predicted molar refractivity (Wildman–Crippen MR) is 108 cm³/mol. The van der Waals surface area contributed by atoms with E-state index < -0.39 is 0 Å². The van der Waals surface area contributed by atoms with E-state index >= 15 is 0 Å². The number of aryl methyl sites for hydroxylation is 1. The molecule has 0 atom stereocenters. The molecule has 3 aromatic rings. The zero-order valence-corrected chi connectivity index (χ0v) is 17.0. The SMILES string of the molecule is CCOC(=O)COc1ccc(SCc2nc(-c3ccc(Cl)cc3)no2)cc1C. The third kappa shape index (κ3) is 5.50. The van der Waals surface area contributed by atoms with E-state index in [0.717, 1.165) is 16.0 Å². The molecule has 2 aromatic carbocycles. The van der Waals surface area contributed by atoms with Gasteiger partial charge in [-0.1, -0.05) is 16.8 Å². The molecule has 146 valence electrons. The van der Waals surface area contributed by atoms with E-state index in [1.54, 1.807) is 30.8 Å². The lowest BCUT2D eigenvalue weighted by Crippen LogP contribution is -2.14. The third-order valence-electron chi connectivity index (χ3n) is 3.73. The van der Waals surface area contributed by atoms with Gasteiger partial charge in [-0.2, -0.15) is 4.98 Å². The van der Waals surface area contributed by atoms with Gasteiger partial charge in [-0.05, 0) is 61.9 Å². The monoisotopic (exact) mass is 418 g/mol. The van der Waals surface area contributed by atoms with E-state index in [4.69, 9.17) is 25.6 Å². The van der Waals surface area contributed by atoms with Crippen LogP contribution in [0.15, 0.2) is 51.9 Å². The minimum atomic E-state index is -0.381. The van der Waals surface area contributed by atoms with Crippen molar-refractivity contribution in [3.05, 3.63) is 58.9 Å². The van der Waals surface area contributed by atoms with Crippen molar-refractivity contribution in [3.63, 3.8) is 0 Å². The summed E-state index contributed by atoms with van der Waals surface area (Å²) >= 11 is 7.47. The van der Waals surface area contributed by atoms with Crippen LogP contribution in [0, 0.1) is 6.92 Å². The number of hydrogen-bond donors (Lipinski definition) is 0. The number of carbonyl (C=O) groups is 1. The summed E-state index contributed by atoms with van der Waals surface area (Å²) in [5.41, 5.74) is 1.78. The Bertz CT molecular complexity index is 944. The molecule has 0 saturated heterocycles. The Morgan fingerprint density at radius 2 is 2.00 bits per heavy atom. The van der Waals surface area contributed by atoms with Gasteiger partial charge in [0.2, 0.25) is 11.7 Å². The maximum atomic E-state index is 11.4. The summed E-state index contributed by atoms with van der Waals surface area (Å²) in [6.07, 6.45) is 0. The predicted octanol–water partition coefficient (Wildman–Crippen LogP) is 4.93. The van der Waals surface area contributed by atoms with Gasteiger partial charge in [0.15, 0.2) is 6.61 Å². The van der Waals surface area contributed by atoms with Crippen LogP contribution in [0.5, 0.6) is 5.75 Å². The lowest BCUT2D eigenvalue weighted by atomic mass is 10.2. The van der Waals surface area contributed by atoms with Gasteiger partial charge in [0, 0.05) is 15.5 Å². The molecule has 0 bridgehead atoms. The first kappa shape index (κ1) is 20.2. The standard InChI is InChI=1S/C20H19ClN2O4S/c1-3-25-19(24)11-26-17-9-8-16(10-13(17)2)28-12-18-22-20(23-27-18)14-4-6-15(21)7-5-14/h4-10H,3,11-12H2,1-2H3. The van der Waals surface area contributed by atoms with Gasteiger partial charge in [-0.15, -0.1) is 11.8 Å². The molecule has 28 heavy (non-hydrogen) atoms. The Labute approximate surface area is 172 Å². The lowest BCUT2D eigenvalue weighted by Gasteiger charge is -2.09. The van der Waals surface area contributed by atoms with Crippen molar-refractivity contribution >= 4 is 29.3 Å². The van der Waals surface area contributed by atoms with Crippen LogP contribution in [0.3, 0.4) is 0 Å². The molecular formula is C20H19ClN2O4S. The minimum Gasteiger partial charge on any atom is -0.482 e. The van der Waals surface area contributed by atoms with Crippen LogP contribution in [0.1, 0.15) is 18.4 Å². The quantitative estimate of drug-likeness (QED) is 0.379. The molecule has 0 unspecified atom stereocenters. The van der Waals surface area contributed by atoms with Crippen LogP contribution in [0.4, 0.5) is 0 Å². The van der Waals surface area contributed by atoms with E-state index in [1.807, 2.05) is 37.3 Å². The molecule has 0 spiro atoms. The van der Waals surface area contributed by atoms with Crippen molar-refractivity contribution in [2.24, 2.45) is 0 Å². The summed E-state index contributed by atoms with van der Waals surface area (Å²) in [6, 6.07) is 13.0. The summed E-state index contributed by atoms with van der Waals surface area (Å²) < 4.78 is 15.7. The van der Waals surface area contributed by atoms with Gasteiger partial charge in [-0.25, -0.2) is 4.79 Å². The molecule has 0 fully saturated rings. The Hall–Kier alpha value is -2.51. The number of thioether (sulfide) groups is 1. The van der Waals surface area contributed by atoms with Gasteiger partial charge in [0.05, 0.1) is 12.4 Å². The number of ether oxygens (including phenoxy) is 2. The fraction of sp³-hybridized carbons (Fsp3) is 0.250. The zero-order chi connectivity index (χ0) is 19.9. The normalized spacial score (nSPS) is 10.7. The number of halogens is 1. The second kappa shape index (κ2) is 9.61. The first-order chi connectivity index (χ1) is 13.5. The van der Waals surface area contributed by atoms with Crippen molar-refractivity contribution in [2.75, 3.05) is 13.2 Å². The number of aromatic nitrogens is 2. The summed E-state index contributed by atoms with van der Waals surface area (Å²) in [4.78, 5) is 16.8. The van der Waals surface area contributed by atoms with Crippen LogP contribution in [-0.2, 0) is 15.3 Å². The topological polar surface area (TPSA) is 74.5 Å². The van der Waals surface area contributed by atoms with E-state index in [1.165, 1.54) is 0 Å². The highest BCUT2D eigenvalue weighted by atomic mass is 35.5. The fourth-order valence-electron chi connectivity index (χ4n) is 2.39. The van der Waals surface area contributed by atoms with E-state index in [-0.39, 0.29) is 12.6 Å². The highest BCUT2D eigenvalue weighted by molar-refractivity contribution is 7.98. The number of carbonyl (C=O) groups excluding carboxylic acids is 1. The largest absolute Gasteiger partial charge is 0.482 e. The van der Waals surface area contributed by atoms with Crippen LogP contribution in [-0.4, -0.2) is 29.3 Å². The first-order valence-corrected chi connectivity index (χ1v) is 10.0. The van der Waals surface area contributed by atoms with Crippen molar-refractivity contribution in [2.45, 2.75) is 24.5 Å². The molecule has 0 amide bonds. The first-order valence-electron chi connectivity index (χ1n) is 8.65. The summed E-state index contributed by atoms with van der Waals surface area (Å²) in [6.45, 7) is 3.93. The Kier molecular flexibility index (Phi) is 6.95. The average Bonchev–Trinajstić information content (AvgIpc) is 3.15. The molecule has 1 heterocycles. The van der Waals surface area contributed by atoms with Crippen molar-refractivity contribution < 1.29 is 18.8 Å². The van der Waals surface area contributed by atoms with Gasteiger partial charge < -0.3 is 14.0 Å². The van der Waals surface area contributed by atoms with Crippen LogP contribution >= 0.6 is 23.4 Å². The van der Waals surface area contributed by atoms with E-state index in [2.05, 4.69) is 10.1 Å². The van der Waals surface area contributed by atoms with Gasteiger partial charge >= 0.3 is 5.97 Å². The molecule has 0 aliphatic rings. The number of hydrogen-bond acceptors (Lipinski definition) is 7. The smallest absolute Gasteiger partial charge is 0.344 e. The van der Waals surface area contributed by atoms with E-state index in [9.17, 15) is 4.79 Å². The highest BCUT2D eigenvalue weighted by Crippen LogP contribution is 2.28. The number of esters is 1. The Balaban J connectivity index is 1.57. The zero-order valence-electron chi connectivity index (χ0n) is 15.5. The molecule has 0 aliphatic heterocycles. The van der Waals surface area contributed by atoms with Crippen molar-refractivity contribution in [1.82, 2.24) is 10.1 Å². The molecular weight excluding hydrogens is 400 g/mol. The summed E-state index contributed by atoms with van der Waals surface area (Å²) in [5.74, 6) is 1.89. The number of rotatable bonds is 8. The molecule has 3 rings (SSSR count). The molecule has 1 aromatic heterocycles.